The van der Waals surface area contributed by atoms with Gasteiger partial charge in [-0.3, -0.25) is 9.88 Å². The fourth-order valence-electron chi connectivity index (χ4n) is 4.63. The van der Waals surface area contributed by atoms with Crippen LogP contribution < -0.4 is 4.74 Å². The van der Waals surface area contributed by atoms with E-state index < -0.39 is 0 Å². The summed E-state index contributed by atoms with van der Waals surface area (Å²) in [6.45, 7) is 8.01. The Morgan fingerprint density at radius 2 is 2.00 bits per heavy atom. The molecule has 0 spiro atoms. The molecular formula is C26H33N3O3. The molecule has 6 heteroatoms. The van der Waals surface area contributed by atoms with E-state index in [4.69, 9.17) is 9.47 Å². The first kappa shape index (κ1) is 22.3. The van der Waals surface area contributed by atoms with E-state index in [1.807, 2.05) is 30.6 Å². The highest BCUT2D eigenvalue weighted by Crippen LogP contribution is 2.35. The van der Waals surface area contributed by atoms with Crippen molar-refractivity contribution >= 4 is 16.9 Å². The number of benzene rings is 1. The number of rotatable bonds is 8. The van der Waals surface area contributed by atoms with E-state index in [2.05, 4.69) is 40.6 Å². The molecule has 4 rings (SSSR count). The Hall–Kier alpha value is -2.86. The average Bonchev–Trinajstić information content (AvgIpc) is 3.23. The van der Waals surface area contributed by atoms with E-state index in [0.29, 0.717) is 29.9 Å². The summed E-state index contributed by atoms with van der Waals surface area (Å²) in [7, 11) is 1.39. The van der Waals surface area contributed by atoms with Crippen LogP contribution in [0.15, 0.2) is 48.9 Å². The first-order valence-corrected chi connectivity index (χ1v) is 11.6. The number of hydrogen-bond acceptors (Lipinski definition) is 5. The zero-order chi connectivity index (χ0) is 22.5. The van der Waals surface area contributed by atoms with E-state index in [-0.39, 0.29) is 5.97 Å². The monoisotopic (exact) mass is 435 g/mol. The van der Waals surface area contributed by atoms with Crippen LogP contribution in [0.2, 0.25) is 0 Å². The lowest BCUT2D eigenvalue weighted by atomic mass is 9.89. The number of likely N-dealkylation sites (tertiary alicyclic amines) is 1. The highest BCUT2D eigenvalue weighted by molar-refractivity contribution is 5.92. The quantitative estimate of drug-likeness (QED) is 0.463. The number of hydrogen-bond donors (Lipinski definition) is 0. The third-order valence-corrected chi connectivity index (χ3v) is 6.72. The van der Waals surface area contributed by atoms with E-state index in [1.54, 1.807) is 6.07 Å². The van der Waals surface area contributed by atoms with Gasteiger partial charge in [0.2, 0.25) is 0 Å². The highest BCUT2D eigenvalue weighted by Gasteiger charge is 2.24. The number of para-hydroxylation sites is 1. The van der Waals surface area contributed by atoms with Crippen LogP contribution in [0.5, 0.6) is 5.75 Å². The Bertz CT molecular complexity index is 1050. The van der Waals surface area contributed by atoms with Crippen molar-refractivity contribution in [2.24, 2.45) is 0 Å². The molecule has 1 aliphatic rings. The molecule has 0 radical (unpaired) electrons. The zero-order valence-corrected chi connectivity index (χ0v) is 19.3. The summed E-state index contributed by atoms with van der Waals surface area (Å²) >= 11 is 0. The third-order valence-electron chi connectivity index (χ3n) is 6.72. The number of esters is 1. The van der Waals surface area contributed by atoms with Crippen LogP contribution in [0, 0.1) is 0 Å². The molecular weight excluding hydrogens is 402 g/mol. The van der Waals surface area contributed by atoms with E-state index >= 15 is 0 Å². The topological polar surface area (TPSA) is 56.6 Å². The summed E-state index contributed by atoms with van der Waals surface area (Å²) in [6.07, 6.45) is 9.67. The molecule has 170 valence electrons. The number of carbonyl (C=O) groups excluding carboxylic acids is 1. The van der Waals surface area contributed by atoms with Crippen LogP contribution in [-0.2, 0) is 4.74 Å². The molecule has 1 fully saturated rings. The first-order valence-electron chi connectivity index (χ1n) is 11.6. The van der Waals surface area contributed by atoms with Crippen LogP contribution in [-0.4, -0.2) is 53.8 Å². The molecule has 1 aromatic carbocycles. The first-order chi connectivity index (χ1) is 15.6. The minimum Gasteiger partial charge on any atom is -0.491 e. The molecule has 32 heavy (non-hydrogen) atoms. The Kier molecular flexibility index (Phi) is 7.10. The van der Waals surface area contributed by atoms with Crippen molar-refractivity contribution in [3.8, 4) is 5.75 Å². The van der Waals surface area contributed by atoms with Crippen molar-refractivity contribution in [2.75, 3.05) is 33.4 Å². The smallest absolute Gasteiger partial charge is 0.341 e. The van der Waals surface area contributed by atoms with E-state index in [9.17, 15) is 4.79 Å². The molecule has 3 aromatic rings. The Balaban J connectivity index is 1.35. The predicted molar refractivity (Wildman–Crippen MR) is 126 cm³/mol. The van der Waals surface area contributed by atoms with Crippen LogP contribution in [0.3, 0.4) is 0 Å². The maximum Gasteiger partial charge on any atom is 0.341 e. The summed E-state index contributed by atoms with van der Waals surface area (Å²) in [4.78, 5) is 18.7. The number of ether oxygens (including phenoxy) is 2. The molecule has 6 nitrogen and oxygen atoms in total. The Labute approximate surface area is 190 Å². The van der Waals surface area contributed by atoms with Gasteiger partial charge < -0.3 is 14.0 Å². The summed E-state index contributed by atoms with van der Waals surface area (Å²) < 4.78 is 13.2. The molecule has 1 atom stereocenters. The van der Waals surface area contributed by atoms with Crippen LogP contribution in [0.1, 0.15) is 61.0 Å². The molecule has 0 N–H and O–H groups in total. The minimum atomic E-state index is -0.367. The molecule has 0 amide bonds. The van der Waals surface area contributed by atoms with Crippen molar-refractivity contribution < 1.29 is 14.3 Å². The molecule has 0 aliphatic carbocycles. The van der Waals surface area contributed by atoms with Gasteiger partial charge in [0.1, 0.15) is 17.9 Å². The minimum absolute atomic E-state index is 0.367. The largest absolute Gasteiger partial charge is 0.491 e. The lowest BCUT2D eigenvalue weighted by Gasteiger charge is -2.31. The maximum atomic E-state index is 11.9. The number of methoxy groups -OCH3 is 1. The van der Waals surface area contributed by atoms with Gasteiger partial charge in [0.05, 0.1) is 18.8 Å². The Morgan fingerprint density at radius 1 is 1.22 bits per heavy atom. The lowest BCUT2D eigenvalue weighted by molar-refractivity contribution is 0.0595. The van der Waals surface area contributed by atoms with Crippen LogP contribution in [0.25, 0.3) is 10.9 Å². The molecule has 2 aromatic heterocycles. The van der Waals surface area contributed by atoms with Gasteiger partial charge in [-0.2, -0.15) is 0 Å². The van der Waals surface area contributed by atoms with Gasteiger partial charge in [-0.1, -0.05) is 19.1 Å². The number of pyridine rings is 1. The number of piperidine rings is 1. The van der Waals surface area contributed by atoms with Gasteiger partial charge >= 0.3 is 5.97 Å². The predicted octanol–water partition coefficient (Wildman–Crippen LogP) is 5.05. The van der Waals surface area contributed by atoms with Gasteiger partial charge in [-0.25, -0.2) is 4.79 Å². The van der Waals surface area contributed by atoms with Gasteiger partial charge in [-0.15, -0.1) is 0 Å². The number of nitrogens with zero attached hydrogens (tertiary/aromatic N) is 3. The highest BCUT2D eigenvalue weighted by atomic mass is 16.5. The standard InChI is InChI=1S/C26H33N3O3/c1-4-19(2)29-18-23(21-9-12-27-17-24(21)29)20-10-13-28(14-11-20)15-16-32-25-8-6-5-7-22(25)26(30)31-3/h5-9,12,17-20H,4,10-11,13-16H2,1-3H3. The van der Waals surface area contributed by atoms with Gasteiger partial charge in [0.25, 0.3) is 0 Å². The fraction of sp³-hybridized carbons (Fsp3) is 0.462. The normalized spacial score (nSPS) is 16.2. The van der Waals surface area contributed by atoms with Crippen molar-refractivity contribution in [1.29, 1.82) is 0 Å². The van der Waals surface area contributed by atoms with Crippen LogP contribution >= 0.6 is 0 Å². The molecule has 1 saturated heterocycles. The summed E-state index contributed by atoms with van der Waals surface area (Å²) in [5, 5.41) is 1.35. The second-order valence-electron chi connectivity index (χ2n) is 8.59. The summed E-state index contributed by atoms with van der Waals surface area (Å²) in [5.74, 6) is 0.788. The second-order valence-corrected chi connectivity index (χ2v) is 8.59. The zero-order valence-electron chi connectivity index (χ0n) is 19.3. The average molecular weight is 436 g/mol. The van der Waals surface area contributed by atoms with Gasteiger partial charge in [0.15, 0.2) is 0 Å². The van der Waals surface area contributed by atoms with Crippen LogP contribution in [0.4, 0.5) is 0 Å². The molecule has 1 aliphatic heterocycles. The molecule has 1 unspecified atom stereocenters. The van der Waals surface area contributed by atoms with E-state index in [1.165, 1.54) is 23.6 Å². The SMILES string of the molecule is CCC(C)n1cc(C2CCN(CCOc3ccccc3C(=O)OC)CC2)c2ccncc21. The number of fused-ring (bicyclic) bond motifs is 1. The number of carbonyl (C=O) groups is 1. The van der Waals surface area contributed by atoms with Crippen molar-refractivity contribution in [1.82, 2.24) is 14.5 Å². The van der Waals surface area contributed by atoms with E-state index in [0.717, 1.165) is 38.9 Å². The fourth-order valence-corrected chi connectivity index (χ4v) is 4.63. The number of aromatic nitrogens is 2. The third kappa shape index (κ3) is 4.65. The van der Waals surface area contributed by atoms with Crippen molar-refractivity contribution in [2.45, 2.75) is 45.1 Å². The lowest BCUT2D eigenvalue weighted by Crippen LogP contribution is -2.35. The van der Waals surface area contributed by atoms with Gasteiger partial charge in [0, 0.05) is 30.4 Å². The molecule has 3 heterocycles. The molecule has 0 bridgehead atoms. The van der Waals surface area contributed by atoms with Crippen molar-refractivity contribution in [3.63, 3.8) is 0 Å². The summed E-state index contributed by atoms with van der Waals surface area (Å²) in [5.41, 5.74) is 3.18. The molecule has 0 saturated carbocycles. The summed E-state index contributed by atoms with van der Waals surface area (Å²) in [6, 6.07) is 9.89. The second kappa shape index (κ2) is 10.2. The maximum absolute atomic E-state index is 11.9. The Morgan fingerprint density at radius 3 is 2.75 bits per heavy atom. The van der Waals surface area contributed by atoms with Gasteiger partial charge in [-0.05, 0) is 69.0 Å². The van der Waals surface area contributed by atoms with Crippen molar-refractivity contribution in [3.05, 3.63) is 60.0 Å².